The topological polar surface area (TPSA) is 181 Å². The number of hydrogen-bond acceptors (Lipinski definition) is 9. The Morgan fingerprint density at radius 3 is 1.46 bits per heavy atom. The van der Waals surface area contributed by atoms with E-state index in [0.29, 0.717) is 65.3 Å². The average molecular weight is 572 g/mol. The van der Waals surface area contributed by atoms with E-state index >= 15 is 0 Å². The zero-order valence-electron chi connectivity index (χ0n) is 24.2. The molecule has 0 spiro atoms. The summed E-state index contributed by atoms with van der Waals surface area (Å²) in [6, 6.07) is 0.974. The van der Waals surface area contributed by atoms with Crippen LogP contribution < -0.4 is 22.5 Å². The number of carbonyl (C=O) groups is 4. The molecule has 0 aromatic heterocycles. The number of nitrogens with zero attached hydrogens (tertiary/aromatic N) is 4. The van der Waals surface area contributed by atoms with Crippen molar-refractivity contribution in [1.82, 2.24) is 24.9 Å². The molecule has 4 amide bonds. The number of hydrogen-bond donors (Lipinski definition) is 4. The fourth-order valence-corrected chi connectivity index (χ4v) is 6.23. The van der Waals surface area contributed by atoms with E-state index in [1.165, 1.54) is 0 Å². The van der Waals surface area contributed by atoms with Crippen LogP contribution in [0.2, 0.25) is 12.6 Å². The summed E-state index contributed by atoms with van der Waals surface area (Å²) < 4.78 is 5.84. The third kappa shape index (κ3) is 18.8. The highest BCUT2D eigenvalue weighted by Crippen LogP contribution is 2.04. The van der Waals surface area contributed by atoms with E-state index in [9.17, 15) is 19.2 Å². The van der Waals surface area contributed by atoms with Crippen molar-refractivity contribution in [2.24, 2.45) is 17.2 Å². The van der Waals surface area contributed by atoms with Gasteiger partial charge >= 0.3 is 0 Å². The van der Waals surface area contributed by atoms with E-state index in [-0.39, 0.29) is 38.2 Å². The monoisotopic (exact) mass is 571 g/mol. The minimum Gasteiger partial charge on any atom is -0.415 e. The molecule has 13 nitrogen and oxygen atoms in total. The van der Waals surface area contributed by atoms with Crippen LogP contribution in [0.3, 0.4) is 0 Å². The van der Waals surface area contributed by atoms with Gasteiger partial charge in [0.25, 0.3) is 0 Å². The maximum absolute atomic E-state index is 12.7. The first-order chi connectivity index (χ1) is 18.4. The van der Waals surface area contributed by atoms with Gasteiger partial charge in [0, 0.05) is 38.8 Å². The van der Waals surface area contributed by atoms with Gasteiger partial charge in [0.05, 0.1) is 26.2 Å². The second kappa shape index (κ2) is 19.9. The van der Waals surface area contributed by atoms with Gasteiger partial charge in [0.2, 0.25) is 32.7 Å². The quantitative estimate of drug-likeness (QED) is 0.135. The largest absolute Gasteiger partial charge is 0.415 e. The van der Waals surface area contributed by atoms with Crippen molar-refractivity contribution >= 4 is 32.7 Å². The summed E-state index contributed by atoms with van der Waals surface area (Å²) in [6.07, 6.45) is 2.53. The van der Waals surface area contributed by atoms with Gasteiger partial charge in [0.15, 0.2) is 0 Å². The minimum absolute atomic E-state index is 0.0386. The minimum atomic E-state index is -0.849. The number of nitrogens with two attached hydrogens (primary N) is 3. The second-order valence-electron chi connectivity index (χ2n) is 10.5. The van der Waals surface area contributed by atoms with Crippen LogP contribution in [0.15, 0.2) is 0 Å². The van der Waals surface area contributed by atoms with E-state index < -0.39 is 26.8 Å². The molecule has 0 atom stereocenters. The van der Waals surface area contributed by atoms with Crippen LogP contribution in [0.5, 0.6) is 0 Å². The lowest BCUT2D eigenvalue weighted by Gasteiger charge is -2.31. The standard InChI is InChI=1S/C25H51N8O5Si/c1-21(2)38-39(3)16-4-7-29-25(37)20-33-11-6-10-31(18-23(27)35)13-12-30(17-22(26)34)8-5-9-32(14-15-33)19-24(28)36/h21H,4-20H2,1-3H3,(H2,26,34)(H2,27,35)(H2,28,36)(H,29,37). The molecular formula is C25H51N8O5Si. The summed E-state index contributed by atoms with van der Waals surface area (Å²) in [4.78, 5) is 55.6. The van der Waals surface area contributed by atoms with Gasteiger partial charge in [-0.1, -0.05) is 0 Å². The van der Waals surface area contributed by atoms with Crippen LogP contribution >= 0.6 is 0 Å². The summed E-state index contributed by atoms with van der Waals surface area (Å²) in [6.45, 7) is 12.2. The lowest BCUT2D eigenvalue weighted by molar-refractivity contribution is -0.123. The number of nitrogens with one attached hydrogen (secondary N) is 1. The maximum Gasteiger partial charge on any atom is 0.234 e. The van der Waals surface area contributed by atoms with Gasteiger partial charge in [-0.25, -0.2) is 0 Å². The van der Waals surface area contributed by atoms with Crippen molar-refractivity contribution in [2.75, 3.05) is 85.1 Å². The summed E-state index contributed by atoms with van der Waals surface area (Å²) in [5.41, 5.74) is 16.4. The molecule has 1 saturated heterocycles. The molecule has 225 valence electrons. The molecule has 1 heterocycles. The summed E-state index contributed by atoms with van der Waals surface area (Å²) in [5, 5.41) is 3.02. The van der Waals surface area contributed by atoms with Gasteiger partial charge < -0.3 is 26.9 Å². The van der Waals surface area contributed by atoms with Crippen LogP contribution in [-0.4, -0.2) is 143 Å². The molecule has 0 aliphatic carbocycles. The third-order valence-electron chi connectivity index (χ3n) is 6.33. The molecule has 1 rings (SSSR count). The van der Waals surface area contributed by atoms with Crippen molar-refractivity contribution in [3.05, 3.63) is 0 Å². The van der Waals surface area contributed by atoms with E-state index in [0.717, 1.165) is 18.9 Å². The van der Waals surface area contributed by atoms with Crippen LogP contribution in [0.4, 0.5) is 0 Å². The summed E-state index contributed by atoms with van der Waals surface area (Å²) >= 11 is 0. The molecule has 14 heteroatoms. The fourth-order valence-electron chi connectivity index (χ4n) is 4.63. The molecule has 1 fully saturated rings. The third-order valence-corrected chi connectivity index (χ3v) is 8.26. The predicted molar refractivity (Wildman–Crippen MR) is 153 cm³/mol. The fraction of sp³-hybridized carbons (Fsp3) is 0.840. The Morgan fingerprint density at radius 1 is 0.718 bits per heavy atom. The first kappa shape index (κ1) is 34.9. The number of amides is 4. The van der Waals surface area contributed by atoms with Crippen LogP contribution in [0.1, 0.15) is 33.1 Å². The van der Waals surface area contributed by atoms with E-state index in [1.54, 1.807) is 0 Å². The molecule has 0 bridgehead atoms. The van der Waals surface area contributed by atoms with Gasteiger partial charge in [-0.05, 0) is 71.9 Å². The number of carbonyl (C=O) groups excluding carboxylic acids is 4. The summed E-state index contributed by atoms with van der Waals surface area (Å²) in [5.74, 6) is -1.27. The smallest absolute Gasteiger partial charge is 0.234 e. The zero-order chi connectivity index (χ0) is 29.2. The first-order valence-electron chi connectivity index (χ1n) is 13.9. The van der Waals surface area contributed by atoms with Gasteiger partial charge in [-0.2, -0.15) is 0 Å². The van der Waals surface area contributed by atoms with Crippen molar-refractivity contribution in [3.8, 4) is 0 Å². The van der Waals surface area contributed by atoms with Gasteiger partial charge in [-0.3, -0.25) is 38.8 Å². The average Bonchev–Trinajstić information content (AvgIpc) is 2.81. The van der Waals surface area contributed by atoms with E-state index in [4.69, 9.17) is 21.6 Å². The highest BCUT2D eigenvalue weighted by Gasteiger charge is 2.18. The molecule has 1 radical (unpaired) electrons. The van der Waals surface area contributed by atoms with Crippen molar-refractivity contribution in [3.63, 3.8) is 0 Å². The van der Waals surface area contributed by atoms with Crippen LogP contribution in [0.25, 0.3) is 0 Å². The Hall–Kier alpha value is -2.10. The molecule has 39 heavy (non-hydrogen) atoms. The SMILES string of the molecule is CC(C)O[Si](C)CCCNC(=O)CN1CCCN(CC(N)=O)CCN(CC(N)=O)CCCN(CC(N)=O)CC1. The zero-order valence-corrected chi connectivity index (χ0v) is 25.2. The lowest BCUT2D eigenvalue weighted by atomic mass is 10.2. The lowest BCUT2D eigenvalue weighted by Crippen LogP contribution is -2.47. The molecule has 7 N–H and O–H groups in total. The Labute approximate surface area is 235 Å². The van der Waals surface area contributed by atoms with Gasteiger partial charge in [-0.15, -0.1) is 0 Å². The molecule has 1 aliphatic rings. The van der Waals surface area contributed by atoms with E-state index in [2.05, 4.69) is 16.8 Å². The summed E-state index contributed by atoms with van der Waals surface area (Å²) in [7, 11) is -0.849. The molecule has 0 aromatic rings. The first-order valence-corrected chi connectivity index (χ1v) is 16.1. The van der Waals surface area contributed by atoms with Crippen molar-refractivity contribution in [1.29, 1.82) is 0 Å². The molecule has 0 saturated carbocycles. The Balaban J connectivity index is 2.79. The molecule has 0 aromatic carbocycles. The second-order valence-corrected chi connectivity index (χ2v) is 12.7. The Bertz CT molecular complexity index is 760. The number of rotatable bonds is 14. The Morgan fingerprint density at radius 2 is 1.10 bits per heavy atom. The predicted octanol–water partition coefficient (Wildman–Crippen LogP) is -2.00. The highest BCUT2D eigenvalue weighted by atomic mass is 28.3. The van der Waals surface area contributed by atoms with Crippen molar-refractivity contribution in [2.45, 2.75) is 51.8 Å². The van der Waals surface area contributed by atoms with Crippen LogP contribution in [0, 0.1) is 0 Å². The maximum atomic E-state index is 12.7. The van der Waals surface area contributed by atoms with Gasteiger partial charge in [0.1, 0.15) is 0 Å². The molecule has 1 aliphatic heterocycles. The van der Waals surface area contributed by atoms with Crippen molar-refractivity contribution < 1.29 is 23.6 Å². The molecular weight excluding hydrogens is 520 g/mol. The normalized spacial score (nSPS) is 18.2. The number of primary amides is 3. The van der Waals surface area contributed by atoms with E-state index in [1.807, 2.05) is 28.5 Å². The highest BCUT2D eigenvalue weighted by molar-refractivity contribution is 6.50. The van der Waals surface area contributed by atoms with Crippen LogP contribution in [-0.2, 0) is 23.6 Å². The molecule has 0 unspecified atom stereocenters. The Kier molecular flexibility index (Phi) is 17.8.